The summed E-state index contributed by atoms with van der Waals surface area (Å²) in [5, 5.41) is 2.15. The van der Waals surface area contributed by atoms with E-state index in [1.807, 2.05) is 0 Å². The molecule has 3 rings (SSSR count). The Balaban J connectivity index is 1.96. The van der Waals surface area contributed by atoms with Gasteiger partial charge in [0, 0.05) is 31.3 Å². The van der Waals surface area contributed by atoms with Gasteiger partial charge < -0.3 is 4.84 Å². The number of nitrogens with zero attached hydrogens (tertiary/aromatic N) is 3. The molecule has 1 aliphatic rings. The molecule has 21 heavy (non-hydrogen) atoms. The zero-order chi connectivity index (χ0) is 15.1. The van der Waals surface area contributed by atoms with E-state index in [0.29, 0.717) is 10.0 Å². The number of rotatable bonds is 3. The van der Waals surface area contributed by atoms with Crippen LogP contribution in [0, 0.1) is 0 Å². The van der Waals surface area contributed by atoms with Crippen molar-refractivity contribution in [1.82, 2.24) is 14.4 Å². The van der Waals surface area contributed by atoms with Gasteiger partial charge in [-0.3, -0.25) is 18.8 Å². The minimum Gasteiger partial charge on any atom is -0.323 e. The number of Topliss-reactive ketones (excluding diaryl/α,β-unsaturated/α-hetero) is 1. The third-order valence-electron chi connectivity index (χ3n) is 2.97. The van der Waals surface area contributed by atoms with E-state index in [1.165, 1.54) is 22.7 Å². The molecule has 108 valence electrons. The van der Waals surface area contributed by atoms with Gasteiger partial charge in [0.15, 0.2) is 16.4 Å². The number of imide groups is 1. The number of thiazole rings is 1. The van der Waals surface area contributed by atoms with Crippen LogP contribution in [0.1, 0.15) is 40.7 Å². The molecule has 2 aromatic heterocycles. The van der Waals surface area contributed by atoms with Crippen molar-refractivity contribution >= 4 is 39.9 Å². The van der Waals surface area contributed by atoms with E-state index < -0.39 is 17.8 Å². The molecule has 3 heterocycles. The summed E-state index contributed by atoms with van der Waals surface area (Å²) < 4.78 is 1.47. The molecule has 8 nitrogen and oxygen atoms in total. The van der Waals surface area contributed by atoms with Crippen molar-refractivity contribution in [2.24, 2.45) is 0 Å². The molecule has 1 fully saturated rings. The number of ketones is 1. The van der Waals surface area contributed by atoms with Gasteiger partial charge in [-0.05, 0) is 0 Å². The van der Waals surface area contributed by atoms with Gasteiger partial charge in [0.25, 0.3) is 11.8 Å². The van der Waals surface area contributed by atoms with Gasteiger partial charge in [-0.1, -0.05) is 0 Å². The standard InChI is InChI=1S/C12H9N3O5S/c1-6(16)10-9(13-12-14(10)4-5-21-12)11(19)20-15-7(17)2-3-8(15)18/h4-5H,2-3H2,1H3. The molecule has 0 bridgehead atoms. The molecule has 0 N–H and O–H groups in total. The largest absolute Gasteiger partial charge is 0.384 e. The minimum absolute atomic E-state index is 0.00393. The fourth-order valence-corrected chi connectivity index (χ4v) is 2.76. The average molecular weight is 307 g/mol. The second-order valence-electron chi connectivity index (χ2n) is 4.38. The highest BCUT2D eigenvalue weighted by Gasteiger charge is 2.35. The number of carbonyl (C=O) groups excluding carboxylic acids is 4. The maximum absolute atomic E-state index is 12.1. The Morgan fingerprint density at radius 3 is 2.57 bits per heavy atom. The molecule has 9 heteroatoms. The number of fused-ring (bicyclic) bond motifs is 1. The third-order valence-corrected chi connectivity index (χ3v) is 3.73. The van der Waals surface area contributed by atoms with Crippen LogP contribution < -0.4 is 0 Å². The Labute approximate surface area is 121 Å². The molecule has 1 saturated heterocycles. The van der Waals surface area contributed by atoms with Gasteiger partial charge in [0.1, 0.15) is 5.69 Å². The molecule has 0 aliphatic carbocycles. The number of aromatic nitrogens is 2. The van der Waals surface area contributed by atoms with Gasteiger partial charge in [0.2, 0.25) is 0 Å². The van der Waals surface area contributed by atoms with Crippen LogP contribution in [0.3, 0.4) is 0 Å². The van der Waals surface area contributed by atoms with E-state index in [4.69, 9.17) is 4.84 Å². The van der Waals surface area contributed by atoms with E-state index in [2.05, 4.69) is 4.98 Å². The van der Waals surface area contributed by atoms with E-state index >= 15 is 0 Å². The average Bonchev–Trinajstić information content (AvgIpc) is 3.07. The van der Waals surface area contributed by atoms with Crippen LogP contribution in [0.2, 0.25) is 0 Å². The minimum atomic E-state index is -1.00. The Bertz CT molecular complexity index is 774. The summed E-state index contributed by atoms with van der Waals surface area (Å²) in [4.78, 5) is 55.9. The highest BCUT2D eigenvalue weighted by atomic mass is 32.1. The van der Waals surface area contributed by atoms with Crippen LogP contribution in [0.15, 0.2) is 11.6 Å². The number of hydroxylamine groups is 2. The van der Waals surface area contributed by atoms with Crippen LogP contribution in [0.4, 0.5) is 0 Å². The number of hydrogen-bond acceptors (Lipinski definition) is 7. The summed E-state index contributed by atoms with van der Waals surface area (Å²) in [7, 11) is 0. The first-order chi connectivity index (χ1) is 9.99. The van der Waals surface area contributed by atoms with Crippen molar-refractivity contribution in [3.8, 4) is 0 Å². The predicted octanol–water partition coefficient (Wildman–Crippen LogP) is 0.819. The smallest absolute Gasteiger partial charge is 0.323 e. The highest BCUT2D eigenvalue weighted by molar-refractivity contribution is 7.15. The summed E-state index contributed by atoms with van der Waals surface area (Å²) in [6.45, 7) is 1.30. The fraction of sp³-hybridized carbons (Fsp3) is 0.250. The maximum Gasteiger partial charge on any atom is 0.384 e. The van der Waals surface area contributed by atoms with Crippen LogP contribution in [0.25, 0.3) is 4.96 Å². The third kappa shape index (κ3) is 2.11. The molecule has 0 spiro atoms. The first-order valence-electron chi connectivity index (χ1n) is 6.03. The van der Waals surface area contributed by atoms with Crippen LogP contribution in [0.5, 0.6) is 0 Å². The maximum atomic E-state index is 12.1. The van der Waals surface area contributed by atoms with Gasteiger partial charge in [0.05, 0.1) is 0 Å². The number of hydrogen-bond donors (Lipinski definition) is 0. The number of carbonyl (C=O) groups is 4. The second kappa shape index (κ2) is 4.77. The molecule has 0 atom stereocenters. The Morgan fingerprint density at radius 2 is 1.95 bits per heavy atom. The normalized spacial score (nSPS) is 15.0. The fourth-order valence-electron chi connectivity index (χ4n) is 2.05. The van der Waals surface area contributed by atoms with E-state index in [0.717, 1.165) is 0 Å². The number of imidazole rings is 1. The van der Waals surface area contributed by atoms with Crippen molar-refractivity contribution in [3.05, 3.63) is 23.0 Å². The van der Waals surface area contributed by atoms with Crippen molar-refractivity contribution < 1.29 is 24.0 Å². The summed E-state index contributed by atoms with van der Waals surface area (Å²) in [6.07, 6.45) is 1.61. The van der Waals surface area contributed by atoms with Crippen molar-refractivity contribution in [2.75, 3.05) is 0 Å². The molecule has 2 aromatic rings. The summed E-state index contributed by atoms with van der Waals surface area (Å²) in [5.74, 6) is -2.54. The number of amides is 2. The molecular weight excluding hydrogens is 298 g/mol. The monoisotopic (exact) mass is 307 g/mol. The Morgan fingerprint density at radius 1 is 1.29 bits per heavy atom. The molecule has 1 aliphatic heterocycles. The Hall–Kier alpha value is -2.55. The van der Waals surface area contributed by atoms with Crippen molar-refractivity contribution in [2.45, 2.75) is 19.8 Å². The first-order valence-corrected chi connectivity index (χ1v) is 6.91. The second-order valence-corrected chi connectivity index (χ2v) is 5.25. The zero-order valence-electron chi connectivity index (χ0n) is 10.9. The van der Waals surface area contributed by atoms with Gasteiger partial charge >= 0.3 is 5.97 Å². The summed E-state index contributed by atoms with van der Waals surface area (Å²) >= 11 is 1.25. The zero-order valence-corrected chi connectivity index (χ0v) is 11.7. The molecule has 0 saturated carbocycles. The molecule has 2 amide bonds. The quantitative estimate of drug-likeness (QED) is 0.615. The summed E-state index contributed by atoms with van der Waals surface area (Å²) in [5.41, 5.74) is -0.141. The van der Waals surface area contributed by atoms with E-state index in [9.17, 15) is 19.2 Å². The lowest BCUT2D eigenvalue weighted by molar-refractivity contribution is -0.172. The Kier molecular flexibility index (Phi) is 3.05. The van der Waals surface area contributed by atoms with Crippen LogP contribution >= 0.6 is 11.3 Å². The molecular formula is C12H9N3O5S. The topological polar surface area (TPSA) is 98.0 Å². The first kappa shape index (κ1) is 13.4. The highest BCUT2D eigenvalue weighted by Crippen LogP contribution is 2.20. The van der Waals surface area contributed by atoms with E-state index in [1.54, 1.807) is 11.6 Å². The molecule has 0 aromatic carbocycles. The molecule has 0 radical (unpaired) electrons. The lowest BCUT2D eigenvalue weighted by atomic mass is 10.2. The van der Waals surface area contributed by atoms with Gasteiger partial charge in [-0.25, -0.2) is 9.78 Å². The SMILES string of the molecule is CC(=O)c1c(C(=O)ON2C(=O)CCC2=O)nc2sccn12. The van der Waals surface area contributed by atoms with Crippen molar-refractivity contribution in [1.29, 1.82) is 0 Å². The summed E-state index contributed by atoms with van der Waals surface area (Å²) in [6, 6.07) is 0. The van der Waals surface area contributed by atoms with Gasteiger partial charge in [-0.15, -0.1) is 16.4 Å². The lowest BCUT2D eigenvalue weighted by Gasteiger charge is -2.11. The van der Waals surface area contributed by atoms with Gasteiger partial charge in [-0.2, -0.15) is 0 Å². The van der Waals surface area contributed by atoms with Crippen LogP contribution in [-0.4, -0.2) is 38.0 Å². The van der Waals surface area contributed by atoms with E-state index in [-0.39, 0.29) is 30.0 Å². The predicted molar refractivity (Wildman–Crippen MR) is 69.6 cm³/mol. The molecule has 0 unspecified atom stereocenters. The van der Waals surface area contributed by atoms with Crippen LogP contribution in [-0.2, 0) is 14.4 Å². The lowest BCUT2D eigenvalue weighted by Crippen LogP contribution is -2.32. The van der Waals surface area contributed by atoms with Crippen molar-refractivity contribution in [3.63, 3.8) is 0 Å².